The molecule has 0 aliphatic rings. The fourth-order valence-corrected chi connectivity index (χ4v) is 3.27. The van der Waals surface area contributed by atoms with Gasteiger partial charge in [0.2, 0.25) is 11.8 Å². The van der Waals surface area contributed by atoms with Gasteiger partial charge >= 0.3 is 0 Å². The number of amides is 2. The second-order valence-corrected chi connectivity index (χ2v) is 7.16. The first-order chi connectivity index (χ1) is 12.9. The Hall–Kier alpha value is -2.04. The molecule has 0 saturated carbocycles. The van der Waals surface area contributed by atoms with Gasteiger partial charge in [-0.3, -0.25) is 9.59 Å². The van der Waals surface area contributed by atoms with Gasteiger partial charge in [-0.05, 0) is 49.6 Å². The number of halogens is 2. The third kappa shape index (κ3) is 6.26. The Morgan fingerprint density at radius 2 is 1.85 bits per heavy atom. The van der Waals surface area contributed by atoms with E-state index >= 15 is 0 Å². The molecule has 1 atom stereocenters. The van der Waals surface area contributed by atoms with E-state index in [-0.39, 0.29) is 18.2 Å². The SMILES string of the molecule is CCNC(=O)[C@H](C)N(Cc1cccc(Cl)c1)C(=O)CCc1ccccc1Cl. The van der Waals surface area contributed by atoms with Crippen molar-refractivity contribution in [2.75, 3.05) is 6.54 Å². The zero-order chi connectivity index (χ0) is 19.8. The molecular weight excluding hydrogens is 383 g/mol. The molecule has 2 aromatic rings. The lowest BCUT2D eigenvalue weighted by Crippen LogP contribution is -2.47. The lowest BCUT2D eigenvalue weighted by molar-refractivity contribution is -0.140. The minimum Gasteiger partial charge on any atom is -0.355 e. The first-order valence-electron chi connectivity index (χ1n) is 8.97. The summed E-state index contributed by atoms with van der Waals surface area (Å²) in [7, 11) is 0. The topological polar surface area (TPSA) is 49.4 Å². The highest BCUT2D eigenvalue weighted by Crippen LogP contribution is 2.19. The van der Waals surface area contributed by atoms with E-state index in [0.717, 1.165) is 11.1 Å². The van der Waals surface area contributed by atoms with E-state index in [1.807, 2.05) is 43.3 Å². The Balaban J connectivity index is 2.15. The number of nitrogens with zero attached hydrogens (tertiary/aromatic N) is 1. The van der Waals surface area contributed by atoms with E-state index in [1.165, 1.54) is 0 Å². The second kappa shape index (κ2) is 10.3. The van der Waals surface area contributed by atoms with Crippen molar-refractivity contribution >= 4 is 35.0 Å². The van der Waals surface area contributed by atoms with Crippen molar-refractivity contribution < 1.29 is 9.59 Å². The Morgan fingerprint density at radius 1 is 1.11 bits per heavy atom. The maximum atomic E-state index is 12.9. The largest absolute Gasteiger partial charge is 0.355 e. The first-order valence-corrected chi connectivity index (χ1v) is 9.73. The molecule has 2 amide bonds. The fraction of sp³-hybridized carbons (Fsp3) is 0.333. The van der Waals surface area contributed by atoms with Crippen LogP contribution in [0.25, 0.3) is 0 Å². The molecule has 0 radical (unpaired) electrons. The molecule has 0 saturated heterocycles. The summed E-state index contributed by atoms with van der Waals surface area (Å²) in [6, 6.07) is 14.2. The summed E-state index contributed by atoms with van der Waals surface area (Å²) in [6.45, 7) is 4.43. The molecule has 4 nitrogen and oxygen atoms in total. The van der Waals surface area contributed by atoms with Crippen LogP contribution < -0.4 is 5.32 Å². The quantitative estimate of drug-likeness (QED) is 0.702. The van der Waals surface area contributed by atoms with E-state index in [0.29, 0.717) is 29.6 Å². The maximum Gasteiger partial charge on any atom is 0.242 e. The monoisotopic (exact) mass is 406 g/mol. The number of rotatable bonds is 8. The predicted molar refractivity (Wildman–Crippen MR) is 110 cm³/mol. The van der Waals surface area contributed by atoms with Gasteiger partial charge < -0.3 is 10.2 Å². The number of benzene rings is 2. The number of hydrogen-bond donors (Lipinski definition) is 1. The Morgan fingerprint density at radius 3 is 2.52 bits per heavy atom. The number of aryl methyl sites for hydroxylation is 1. The molecular formula is C21H24Cl2N2O2. The van der Waals surface area contributed by atoms with Crippen LogP contribution in [0, 0.1) is 0 Å². The smallest absolute Gasteiger partial charge is 0.242 e. The van der Waals surface area contributed by atoms with Gasteiger partial charge in [-0.25, -0.2) is 0 Å². The molecule has 0 aromatic heterocycles. The third-order valence-corrected chi connectivity index (χ3v) is 4.93. The van der Waals surface area contributed by atoms with E-state index < -0.39 is 6.04 Å². The van der Waals surface area contributed by atoms with Crippen LogP contribution in [0.3, 0.4) is 0 Å². The Kier molecular flexibility index (Phi) is 8.14. The van der Waals surface area contributed by atoms with Gasteiger partial charge in [0.05, 0.1) is 0 Å². The van der Waals surface area contributed by atoms with Crippen molar-refractivity contribution in [3.63, 3.8) is 0 Å². The highest BCUT2D eigenvalue weighted by molar-refractivity contribution is 6.31. The van der Waals surface area contributed by atoms with Crippen molar-refractivity contribution in [3.8, 4) is 0 Å². The van der Waals surface area contributed by atoms with Crippen molar-refractivity contribution in [3.05, 3.63) is 69.7 Å². The molecule has 2 rings (SSSR count). The average molecular weight is 407 g/mol. The lowest BCUT2D eigenvalue weighted by atomic mass is 10.1. The molecule has 0 heterocycles. The van der Waals surface area contributed by atoms with Crippen LogP contribution >= 0.6 is 23.2 Å². The number of carbonyl (C=O) groups excluding carboxylic acids is 2. The summed E-state index contributed by atoms with van der Waals surface area (Å²) in [5, 5.41) is 4.02. The third-order valence-electron chi connectivity index (χ3n) is 4.33. The molecule has 27 heavy (non-hydrogen) atoms. The second-order valence-electron chi connectivity index (χ2n) is 6.31. The highest BCUT2D eigenvalue weighted by Gasteiger charge is 2.25. The van der Waals surface area contributed by atoms with Crippen LogP contribution in [0.2, 0.25) is 10.0 Å². The normalized spacial score (nSPS) is 11.7. The number of nitrogens with one attached hydrogen (secondary N) is 1. The Labute approximate surface area is 170 Å². The zero-order valence-electron chi connectivity index (χ0n) is 15.5. The van der Waals surface area contributed by atoms with Gasteiger partial charge in [0.15, 0.2) is 0 Å². The first kappa shape index (κ1) is 21.3. The van der Waals surface area contributed by atoms with Crippen LogP contribution in [0.4, 0.5) is 0 Å². The standard InChI is InChI=1S/C21H24Cl2N2O2/c1-3-24-21(27)15(2)25(14-16-7-6-9-18(22)13-16)20(26)12-11-17-8-4-5-10-19(17)23/h4-10,13,15H,3,11-12,14H2,1-2H3,(H,24,27)/t15-/m0/s1. The van der Waals surface area contributed by atoms with Crippen LogP contribution in [0.1, 0.15) is 31.4 Å². The van der Waals surface area contributed by atoms with Gasteiger partial charge in [-0.15, -0.1) is 0 Å². The van der Waals surface area contributed by atoms with Gasteiger partial charge in [0.25, 0.3) is 0 Å². The van der Waals surface area contributed by atoms with E-state index in [2.05, 4.69) is 5.32 Å². The summed E-state index contributed by atoms with van der Waals surface area (Å²) < 4.78 is 0. The number of carbonyl (C=O) groups is 2. The number of likely N-dealkylation sites (N-methyl/N-ethyl adjacent to an activating group) is 1. The van der Waals surface area contributed by atoms with Crippen molar-refractivity contribution in [1.82, 2.24) is 10.2 Å². The van der Waals surface area contributed by atoms with Gasteiger partial charge in [0, 0.05) is 29.6 Å². The summed E-state index contributed by atoms with van der Waals surface area (Å²) >= 11 is 12.2. The summed E-state index contributed by atoms with van der Waals surface area (Å²) in [5.74, 6) is -0.278. The van der Waals surface area contributed by atoms with Gasteiger partial charge in [-0.2, -0.15) is 0 Å². The predicted octanol–water partition coefficient (Wildman–Crippen LogP) is 4.48. The maximum absolute atomic E-state index is 12.9. The van der Waals surface area contributed by atoms with Crippen LogP contribution in [0.15, 0.2) is 48.5 Å². The molecule has 0 aliphatic carbocycles. The summed E-state index contributed by atoms with van der Waals surface area (Å²) in [6.07, 6.45) is 0.792. The molecule has 0 fully saturated rings. The molecule has 0 spiro atoms. The molecule has 144 valence electrons. The van der Waals surface area contributed by atoms with Crippen LogP contribution in [-0.2, 0) is 22.6 Å². The molecule has 0 aliphatic heterocycles. The lowest BCUT2D eigenvalue weighted by Gasteiger charge is -2.29. The molecule has 0 unspecified atom stereocenters. The molecule has 6 heteroatoms. The van der Waals surface area contributed by atoms with Crippen LogP contribution in [-0.4, -0.2) is 29.3 Å². The van der Waals surface area contributed by atoms with E-state index in [9.17, 15) is 9.59 Å². The number of hydrogen-bond acceptors (Lipinski definition) is 2. The van der Waals surface area contributed by atoms with Crippen LogP contribution in [0.5, 0.6) is 0 Å². The molecule has 0 bridgehead atoms. The van der Waals surface area contributed by atoms with Crippen molar-refractivity contribution in [1.29, 1.82) is 0 Å². The van der Waals surface area contributed by atoms with Gasteiger partial charge in [-0.1, -0.05) is 53.5 Å². The zero-order valence-corrected chi connectivity index (χ0v) is 17.1. The summed E-state index contributed by atoms with van der Waals surface area (Å²) in [4.78, 5) is 26.9. The van der Waals surface area contributed by atoms with Gasteiger partial charge in [0.1, 0.15) is 6.04 Å². The average Bonchev–Trinajstić information content (AvgIpc) is 2.65. The summed E-state index contributed by atoms with van der Waals surface area (Å²) in [5.41, 5.74) is 1.80. The minimum atomic E-state index is -0.581. The minimum absolute atomic E-state index is 0.103. The van der Waals surface area contributed by atoms with Crippen molar-refractivity contribution in [2.24, 2.45) is 0 Å². The fourth-order valence-electron chi connectivity index (χ4n) is 2.82. The Bertz CT molecular complexity index is 795. The van der Waals surface area contributed by atoms with E-state index in [4.69, 9.17) is 23.2 Å². The van der Waals surface area contributed by atoms with E-state index in [1.54, 1.807) is 24.0 Å². The highest BCUT2D eigenvalue weighted by atomic mass is 35.5. The molecule has 1 N–H and O–H groups in total. The molecule has 2 aromatic carbocycles. The van der Waals surface area contributed by atoms with Crippen molar-refractivity contribution in [2.45, 2.75) is 39.3 Å².